The lowest BCUT2D eigenvalue weighted by Crippen LogP contribution is -2.18. The van der Waals surface area contributed by atoms with Gasteiger partial charge in [-0.05, 0) is 39.2 Å². The molecular formula is C20H30N4O. The van der Waals surface area contributed by atoms with Crippen LogP contribution in [0.5, 0.6) is 0 Å². The summed E-state index contributed by atoms with van der Waals surface area (Å²) in [4.78, 5) is 12.8. The van der Waals surface area contributed by atoms with E-state index >= 15 is 0 Å². The molecule has 0 bridgehead atoms. The van der Waals surface area contributed by atoms with Crippen molar-refractivity contribution in [3.63, 3.8) is 0 Å². The fourth-order valence-electron chi connectivity index (χ4n) is 4.02. The maximum Gasteiger partial charge on any atom is 0.258 e. The van der Waals surface area contributed by atoms with Crippen molar-refractivity contribution in [2.75, 3.05) is 5.32 Å². The first-order valence-corrected chi connectivity index (χ1v) is 9.63. The third-order valence-electron chi connectivity index (χ3n) is 5.35. The molecule has 1 aliphatic carbocycles. The fraction of sp³-hybridized carbons (Fsp3) is 0.600. The molecule has 25 heavy (non-hydrogen) atoms. The summed E-state index contributed by atoms with van der Waals surface area (Å²) in [6, 6.07) is 4.45. The van der Waals surface area contributed by atoms with Gasteiger partial charge in [-0.3, -0.25) is 4.79 Å². The van der Waals surface area contributed by atoms with E-state index in [-0.39, 0.29) is 5.91 Å². The third-order valence-corrected chi connectivity index (χ3v) is 5.35. The molecule has 0 aliphatic heterocycles. The number of carbonyl (C=O) groups is 1. The van der Waals surface area contributed by atoms with Crippen molar-refractivity contribution < 1.29 is 4.79 Å². The van der Waals surface area contributed by atoms with E-state index in [4.69, 9.17) is 0 Å². The number of aromatic nitrogens is 3. The molecule has 5 heteroatoms. The number of aryl methyl sites for hydroxylation is 2. The second kappa shape index (κ2) is 7.89. The van der Waals surface area contributed by atoms with E-state index in [1.807, 2.05) is 16.8 Å². The van der Waals surface area contributed by atoms with Gasteiger partial charge in [-0.1, -0.05) is 32.6 Å². The second-order valence-corrected chi connectivity index (χ2v) is 7.19. The minimum absolute atomic E-state index is 0.0339. The van der Waals surface area contributed by atoms with Gasteiger partial charge in [-0.25, -0.2) is 4.68 Å². The summed E-state index contributed by atoms with van der Waals surface area (Å²) >= 11 is 0. The molecule has 2 aromatic rings. The van der Waals surface area contributed by atoms with Crippen LogP contribution in [0.3, 0.4) is 0 Å². The van der Waals surface area contributed by atoms with Gasteiger partial charge in [0.05, 0.1) is 11.8 Å². The first kappa shape index (κ1) is 17.8. The predicted octanol–water partition coefficient (Wildman–Crippen LogP) is 4.86. The van der Waals surface area contributed by atoms with E-state index in [0.29, 0.717) is 6.04 Å². The van der Waals surface area contributed by atoms with Gasteiger partial charge in [0.15, 0.2) is 0 Å². The molecule has 3 rings (SSSR count). The van der Waals surface area contributed by atoms with Crippen LogP contribution in [0.1, 0.15) is 79.7 Å². The largest absolute Gasteiger partial charge is 0.345 e. The third kappa shape index (κ3) is 3.80. The van der Waals surface area contributed by atoms with Crippen molar-refractivity contribution in [2.24, 2.45) is 0 Å². The van der Waals surface area contributed by atoms with E-state index in [9.17, 15) is 4.79 Å². The number of amides is 1. The van der Waals surface area contributed by atoms with Crippen molar-refractivity contribution in [1.29, 1.82) is 0 Å². The first-order valence-electron chi connectivity index (χ1n) is 9.63. The molecule has 1 N–H and O–H groups in total. The van der Waals surface area contributed by atoms with Crippen molar-refractivity contribution in [1.82, 2.24) is 14.3 Å². The van der Waals surface area contributed by atoms with Gasteiger partial charge < -0.3 is 9.88 Å². The zero-order valence-corrected chi connectivity index (χ0v) is 15.7. The zero-order chi connectivity index (χ0) is 17.8. The molecule has 2 aromatic heterocycles. The van der Waals surface area contributed by atoms with Crippen LogP contribution in [0.25, 0.3) is 0 Å². The van der Waals surface area contributed by atoms with Crippen molar-refractivity contribution >= 4 is 11.7 Å². The molecule has 0 radical (unpaired) electrons. The molecule has 1 amide bonds. The topological polar surface area (TPSA) is 51.9 Å². The van der Waals surface area contributed by atoms with Crippen LogP contribution in [0.15, 0.2) is 18.3 Å². The van der Waals surface area contributed by atoms with Gasteiger partial charge >= 0.3 is 0 Å². The monoisotopic (exact) mass is 342 g/mol. The van der Waals surface area contributed by atoms with E-state index in [2.05, 4.69) is 35.8 Å². The number of nitrogens with zero attached hydrogens (tertiary/aromatic N) is 3. The Morgan fingerprint density at radius 1 is 1.28 bits per heavy atom. The van der Waals surface area contributed by atoms with Crippen molar-refractivity contribution in [2.45, 2.75) is 78.3 Å². The Kier molecular flexibility index (Phi) is 5.61. The average molecular weight is 342 g/mol. The van der Waals surface area contributed by atoms with Gasteiger partial charge in [0.1, 0.15) is 5.82 Å². The number of carbonyl (C=O) groups excluding carboxylic acids is 1. The molecular weight excluding hydrogens is 312 g/mol. The highest BCUT2D eigenvalue weighted by Crippen LogP contribution is 2.32. The Bertz CT molecular complexity index is 722. The van der Waals surface area contributed by atoms with Crippen LogP contribution in [0, 0.1) is 13.8 Å². The number of rotatable bonds is 6. The Balaban J connectivity index is 1.78. The lowest BCUT2D eigenvalue weighted by atomic mass is 9.95. The molecule has 0 aromatic carbocycles. The van der Waals surface area contributed by atoms with E-state index in [1.165, 1.54) is 37.8 Å². The summed E-state index contributed by atoms with van der Waals surface area (Å²) in [6.07, 6.45) is 10.3. The smallest absolute Gasteiger partial charge is 0.258 e. The van der Waals surface area contributed by atoms with E-state index in [0.717, 1.165) is 36.5 Å². The van der Waals surface area contributed by atoms with Crippen LogP contribution >= 0.6 is 0 Å². The molecule has 1 fully saturated rings. The molecule has 0 unspecified atom stereocenters. The lowest BCUT2D eigenvalue weighted by molar-refractivity contribution is 0.102. The van der Waals surface area contributed by atoms with Gasteiger partial charge in [-0.2, -0.15) is 5.10 Å². The van der Waals surface area contributed by atoms with Gasteiger partial charge in [0, 0.05) is 30.0 Å². The molecule has 5 nitrogen and oxygen atoms in total. The average Bonchev–Trinajstić information content (AvgIpc) is 3.17. The van der Waals surface area contributed by atoms with Gasteiger partial charge in [0.25, 0.3) is 5.91 Å². The predicted molar refractivity (Wildman–Crippen MR) is 101 cm³/mol. The minimum Gasteiger partial charge on any atom is -0.345 e. The summed E-state index contributed by atoms with van der Waals surface area (Å²) in [5.41, 5.74) is 3.06. The second-order valence-electron chi connectivity index (χ2n) is 7.19. The summed E-state index contributed by atoms with van der Waals surface area (Å²) in [7, 11) is 0. The Morgan fingerprint density at radius 3 is 2.76 bits per heavy atom. The number of anilines is 1. The summed E-state index contributed by atoms with van der Waals surface area (Å²) in [5.74, 6) is 0.745. The highest BCUT2D eigenvalue weighted by molar-refractivity contribution is 6.04. The van der Waals surface area contributed by atoms with Crippen molar-refractivity contribution in [3.8, 4) is 0 Å². The number of hydrogen-bond donors (Lipinski definition) is 1. The zero-order valence-electron chi connectivity index (χ0n) is 15.7. The molecule has 1 aliphatic rings. The maximum atomic E-state index is 12.8. The summed E-state index contributed by atoms with van der Waals surface area (Å²) in [5, 5.41) is 7.36. The van der Waals surface area contributed by atoms with Crippen LogP contribution < -0.4 is 5.32 Å². The Labute approximate surface area is 150 Å². The highest BCUT2D eigenvalue weighted by atomic mass is 16.1. The minimum atomic E-state index is -0.0339. The maximum absolute atomic E-state index is 12.8. The van der Waals surface area contributed by atoms with E-state index in [1.54, 1.807) is 6.20 Å². The molecule has 0 saturated heterocycles. The van der Waals surface area contributed by atoms with Crippen LogP contribution in [-0.4, -0.2) is 20.3 Å². The number of nitrogens with one attached hydrogen (secondary N) is 1. The highest BCUT2D eigenvalue weighted by Gasteiger charge is 2.23. The number of unbranched alkanes of at least 4 members (excludes halogenated alkanes) is 1. The molecule has 1 saturated carbocycles. The molecule has 0 spiro atoms. The molecule has 136 valence electrons. The van der Waals surface area contributed by atoms with E-state index < -0.39 is 0 Å². The SMILES string of the molecule is CCCCn1nccc1NC(=O)c1cc(C)n(C2CCCCC2)c1C. The normalized spacial score (nSPS) is 15.5. The quantitative estimate of drug-likeness (QED) is 0.815. The molecule has 0 atom stereocenters. The Hall–Kier alpha value is -2.04. The lowest BCUT2D eigenvalue weighted by Gasteiger charge is -2.26. The number of hydrogen-bond acceptors (Lipinski definition) is 2. The summed E-state index contributed by atoms with van der Waals surface area (Å²) < 4.78 is 4.25. The first-order chi connectivity index (χ1) is 12.1. The van der Waals surface area contributed by atoms with Gasteiger partial charge in [-0.15, -0.1) is 0 Å². The van der Waals surface area contributed by atoms with Crippen LogP contribution in [-0.2, 0) is 6.54 Å². The Morgan fingerprint density at radius 2 is 2.04 bits per heavy atom. The van der Waals surface area contributed by atoms with Crippen molar-refractivity contribution in [3.05, 3.63) is 35.3 Å². The fourth-order valence-corrected chi connectivity index (χ4v) is 4.02. The molecule has 2 heterocycles. The van der Waals surface area contributed by atoms with Crippen LogP contribution in [0.2, 0.25) is 0 Å². The summed E-state index contributed by atoms with van der Waals surface area (Å²) in [6.45, 7) is 7.18. The van der Waals surface area contributed by atoms with Crippen LogP contribution in [0.4, 0.5) is 5.82 Å². The standard InChI is InChI=1S/C20H30N4O/c1-4-5-13-23-19(11-12-21-23)22-20(25)18-14-15(2)24(16(18)3)17-9-7-6-8-10-17/h11-12,14,17H,4-10,13H2,1-3H3,(H,22,25). The van der Waals surface area contributed by atoms with Gasteiger partial charge in [0.2, 0.25) is 0 Å².